The average molecular weight is 318 g/mol. The van der Waals surface area contributed by atoms with E-state index in [1.165, 1.54) is 0 Å². The van der Waals surface area contributed by atoms with Crippen molar-refractivity contribution in [1.82, 2.24) is 5.32 Å². The van der Waals surface area contributed by atoms with E-state index in [2.05, 4.69) is 10.6 Å². The van der Waals surface area contributed by atoms with Gasteiger partial charge in [-0.15, -0.1) is 0 Å². The lowest BCUT2D eigenvalue weighted by Gasteiger charge is -2.27. The summed E-state index contributed by atoms with van der Waals surface area (Å²) in [5.41, 5.74) is 0.744. The molecule has 1 fully saturated rings. The van der Waals surface area contributed by atoms with E-state index in [9.17, 15) is 9.59 Å². The van der Waals surface area contributed by atoms with Gasteiger partial charge in [0.25, 0.3) is 0 Å². The number of methoxy groups -OCH3 is 1. The van der Waals surface area contributed by atoms with Crippen molar-refractivity contribution >= 4 is 17.5 Å². The number of rotatable bonds is 5. The predicted octanol–water partition coefficient (Wildman–Crippen LogP) is 2.96. The molecular weight excluding hydrogens is 292 g/mol. The van der Waals surface area contributed by atoms with Gasteiger partial charge in [-0.3, -0.25) is 9.59 Å². The standard InChI is InChI=1S/C18H26N2O3/c1-12(2)19-17(21)13-7-9-14(10-8-13)18(22)20-15-5-4-6-16(11-15)23-3/h4-6,11-14H,7-10H2,1-3H3,(H,19,21)(H,20,22). The third-order valence-corrected chi connectivity index (χ3v) is 4.24. The van der Waals surface area contributed by atoms with Crippen molar-refractivity contribution in [2.24, 2.45) is 11.8 Å². The van der Waals surface area contributed by atoms with Crippen LogP contribution in [0.1, 0.15) is 39.5 Å². The van der Waals surface area contributed by atoms with Crippen LogP contribution in [0.15, 0.2) is 24.3 Å². The van der Waals surface area contributed by atoms with Gasteiger partial charge < -0.3 is 15.4 Å². The monoisotopic (exact) mass is 318 g/mol. The Labute approximate surface area is 137 Å². The van der Waals surface area contributed by atoms with Gasteiger partial charge in [0.15, 0.2) is 0 Å². The van der Waals surface area contributed by atoms with Crippen molar-refractivity contribution in [2.45, 2.75) is 45.6 Å². The molecule has 0 aliphatic heterocycles. The SMILES string of the molecule is COc1cccc(NC(=O)C2CCC(C(=O)NC(C)C)CC2)c1. The molecule has 1 aliphatic carbocycles. The molecule has 1 aromatic rings. The summed E-state index contributed by atoms with van der Waals surface area (Å²) in [5, 5.41) is 5.90. The number of benzene rings is 1. The van der Waals surface area contributed by atoms with Crippen molar-refractivity contribution in [3.63, 3.8) is 0 Å². The van der Waals surface area contributed by atoms with Gasteiger partial charge >= 0.3 is 0 Å². The normalized spacial score (nSPS) is 20.9. The molecule has 1 aliphatic rings. The lowest BCUT2D eigenvalue weighted by atomic mass is 9.81. The van der Waals surface area contributed by atoms with Crippen molar-refractivity contribution < 1.29 is 14.3 Å². The Kier molecular flexibility index (Phi) is 6.02. The fraction of sp³-hybridized carbons (Fsp3) is 0.556. The molecule has 2 rings (SSSR count). The Morgan fingerprint density at radius 1 is 1.09 bits per heavy atom. The smallest absolute Gasteiger partial charge is 0.227 e. The quantitative estimate of drug-likeness (QED) is 0.877. The minimum atomic E-state index is -0.0238. The molecule has 0 spiro atoms. The highest BCUT2D eigenvalue weighted by Crippen LogP contribution is 2.30. The van der Waals surface area contributed by atoms with Crippen LogP contribution in [0.4, 0.5) is 5.69 Å². The van der Waals surface area contributed by atoms with E-state index >= 15 is 0 Å². The molecule has 1 aromatic carbocycles. The summed E-state index contributed by atoms with van der Waals surface area (Å²) in [6, 6.07) is 7.51. The maximum absolute atomic E-state index is 12.4. The predicted molar refractivity (Wildman–Crippen MR) is 90.4 cm³/mol. The Balaban J connectivity index is 1.84. The molecule has 0 atom stereocenters. The second kappa shape index (κ2) is 7.99. The second-order valence-electron chi connectivity index (χ2n) is 6.43. The molecular formula is C18H26N2O3. The summed E-state index contributed by atoms with van der Waals surface area (Å²) in [4.78, 5) is 24.4. The number of ether oxygens (including phenoxy) is 1. The highest BCUT2D eigenvalue weighted by atomic mass is 16.5. The van der Waals surface area contributed by atoms with Crippen LogP contribution in [-0.2, 0) is 9.59 Å². The molecule has 0 heterocycles. The first-order valence-electron chi connectivity index (χ1n) is 8.25. The van der Waals surface area contributed by atoms with Crippen LogP contribution >= 0.6 is 0 Å². The molecule has 126 valence electrons. The van der Waals surface area contributed by atoms with Gasteiger partial charge in [0.2, 0.25) is 11.8 Å². The molecule has 0 radical (unpaired) electrons. The molecule has 0 bridgehead atoms. The van der Waals surface area contributed by atoms with Gasteiger partial charge in [-0.2, -0.15) is 0 Å². The number of amides is 2. The third kappa shape index (κ3) is 4.98. The van der Waals surface area contributed by atoms with Crippen molar-refractivity contribution in [3.05, 3.63) is 24.3 Å². The van der Waals surface area contributed by atoms with E-state index in [0.717, 1.165) is 37.1 Å². The number of hydrogen-bond acceptors (Lipinski definition) is 3. The zero-order chi connectivity index (χ0) is 16.8. The second-order valence-corrected chi connectivity index (χ2v) is 6.43. The Bertz CT molecular complexity index is 549. The minimum absolute atomic E-state index is 0.0238. The van der Waals surface area contributed by atoms with Crippen LogP contribution in [0, 0.1) is 11.8 Å². The van der Waals surface area contributed by atoms with Crippen molar-refractivity contribution in [1.29, 1.82) is 0 Å². The Morgan fingerprint density at radius 3 is 2.26 bits per heavy atom. The molecule has 0 aromatic heterocycles. The highest BCUT2D eigenvalue weighted by molar-refractivity contribution is 5.93. The lowest BCUT2D eigenvalue weighted by Crippen LogP contribution is -2.38. The summed E-state index contributed by atoms with van der Waals surface area (Å²) in [5.74, 6) is 0.882. The van der Waals surface area contributed by atoms with Gasteiger partial charge in [0.05, 0.1) is 7.11 Å². The first-order valence-corrected chi connectivity index (χ1v) is 8.25. The number of carbonyl (C=O) groups is 2. The van der Waals surface area contributed by atoms with E-state index in [1.807, 2.05) is 32.0 Å². The Hall–Kier alpha value is -2.04. The maximum Gasteiger partial charge on any atom is 0.227 e. The number of nitrogens with one attached hydrogen (secondary N) is 2. The average Bonchev–Trinajstić information content (AvgIpc) is 2.54. The minimum Gasteiger partial charge on any atom is -0.497 e. The van der Waals surface area contributed by atoms with E-state index in [4.69, 9.17) is 4.74 Å². The molecule has 0 unspecified atom stereocenters. The van der Waals surface area contributed by atoms with Crippen LogP contribution < -0.4 is 15.4 Å². The van der Waals surface area contributed by atoms with Crippen LogP contribution in [-0.4, -0.2) is 25.0 Å². The van der Waals surface area contributed by atoms with Crippen LogP contribution in [0.2, 0.25) is 0 Å². The molecule has 5 nitrogen and oxygen atoms in total. The fourth-order valence-electron chi connectivity index (χ4n) is 2.97. The summed E-state index contributed by atoms with van der Waals surface area (Å²) >= 11 is 0. The fourth-order valence-corrected chi connectivity index (χ4v) is 2.97. The van der Waals surface area contributed by atoms with E-state index in [0.29, 0.717) is 0 Å². The largest absolute Gasteiger partial charge is 0.497 e. The van der Waals surface area contributed by atoms with Gasteiger partial charge in [-0.25, -0.2) is 0 Å². The van der Waals surface area contributed by atoms with Gasteiger partial charge in [-0.1, -0.05) is 6.07 Å². The lowest BCUT2D eigenvalue weighted by molar-refractivity contribution is -0.128. The molecule has 1 saturated carbocycles. The molecule has 23 heavy (non-hydrogen) atoms. The van der Waals surface area contributed by atoms with Crippen molar-refractivity contribution in [2.75, 3.05) is 12.4 Å². The number of carbonyl (C=O) groups excluding carboxylic acids is 2. The van der Waals surface area contributed by atoms with Crippen molar-refractivity contribution in [3.8, 4) is 5.75 Å². The van der Waals surface area contributed by atoms with Crippen LogP contribution in [0.3, 0.4) is 0 Å². The summed E-state index contributed by atoms with van der Waals surface area (Å²) < 4.78 is 5.16. The van der Waals surface area contributed by atoms with Gasteiger partial charge in [-0.05, 0) is 51.7 Å². The number of hydrogen-bond donors (Lipinski definition) is 2. The van der Waals surface area contributed by atoms with Gasteiger partial charge in [0, 0.05) is 29.6 Å². The maximum atomic E-state index is 12.4. The molecule has 2 N–H and O–H groups in total. The first kappa shape index (κ1) is 17.3. The Morgan fingerprint density at radius 2 is 1.70 bits per heavy atom. The third-order valence-electron chi connectivity index (χ3n) is 4.24. The number of anilines is 1. The highest BCUT2D eigenvalue weighted by Gasteiger charge is 2.30. The van der Waals surface area contributed by atoms with Crippen LogP contribution in [0.5, 0.6) is 5.75 Å². The summed E-state index contributed by atoms with van der Waals surface area (Å²) in [6.07, 6.45) is 3.06. The van der Waals surface area contributed by atoms with Crippen LogP contribution in [0.25, 0.3) is 0 Å². The topological polar surface area (TPSA) is 67.4 Å². The van der Waals surface area contributed by atoms with Gasteiger partial charge in [0.1, 0.15) is 5.75 Å². The van der Waals surface area contributed by atoms with E-state index < -0.39 is 0 Å². The molecule has 2 amide bonds. The molecule has 0 saturated heterocycles. The van der Waals surface area contributed by atoms with E-state index in [1.54, 1.807) is 13.2 Å². The summed E-state index contributed by atoms with van der Waals surface area (Å²) in [7, 11) is 1.60. The zero-order valence-corrected chi connectivity index (χ0v) is 14.1. The van der Waals surface area contributed by atoms with E-state index in [-0.39, 0.29) is 29.7 Å². The summed E-state index contributed by atoms with van der Waals surface area (Å²) in [6.45, 7) is 3.93. The zero-order valence-electron chi connectivity index (χ0n) is 14.1. The molecule has 5 heteroatoms. The first-order chi connectivity index (χ1) is 11.0.